The standard InChI is InChI=1S/C22H28O3/c1-4-5-9-12-22(2,3)18-14-17(13-16-10-7-6-8-11-16)20(23)19(15-18)21(24)25/h6-8,10-11,14-15,23H,4-5,9,12-13H2,1-3H3,(H,24,25). The molecule has 25 heavy (non-hydrogen) atoms. The van der Waals surface area contributed by atoms with E-state index in [-0.39, 0.29) is 16.7 Å². The van der Waals surface area contributed by atoms with Crippen LogP contribution in [0.2, 0.25) is 0 Å². The van der Waals surface area contributed by atoms with E-state index in [1.807, 2.05) is 36.4 Å². The minimum Gasteiger partial charge on any atom is -0.507 e. The molecule has 0 amide bonds. The summed E-state index contributed by atoms with van der Waals surface area (Å²) >= 11 is 0. The molecule has 0 spiro atoms. The van der Waals surface area contributed by atoms with Crippen LogP contribution in [0, 0.1) is 0 Å². The lowest BCUT2D eigenvalue weighted by molar-refractivity contribution is 0.0693. The van der Waals surface area contributed by atoms with Gasteiger partial charge in [-0.1, -0.05) is 76.4 Å². The molecule has 2 aromatic carbocycles. The minimum absolute atomic E-state index is 0.00741. The van der Waals surface area contributed by atoms with Gasteiger partial charge in [0.1, 0.15) is 11.3 Å². The normalized spacial score (nSPS) is 11.5. The highest BCUT2D eigenvalue weighted by molar-refractivity contribution is 5.91. The van der Waals surface area contributed by atoms with Crippen LogP contribution >= 0.6 is 0 Å². The number of aromatic hydroxyl groups is 1. The lowest BCUT2D eigenvalue weighted by atomic mass is 9.78. The van der Waals surface area contributed by atoms with Crippen LogP contribution in [0.25, 0.3) is 0 Å². The van der Waals surface area contributed by atoms with E-state index in [4.69, 9.17) is 0 Å². The van der Waals surface area contributed by atoms with Gasteiger partial charge in [-0.05, 0) is 34.6 Å². The molecule has 0 radical (unpaired) electrons. The molecule has 0 aliphatic carbocycles. The average molecular weight is 340 g/mol. The van der Waals surface area contributed by atoms with E-state index < -0.39 is 5.97 Å². The molecule has 2 N–H and O–H groups in total. The van der Waals surface area contributed by atoms with Crippen LogP contribution in [0.4, 0.5) is 0 Å². The number of unbranched alkanes of at least 4 members (excludes halogenated alkanes) is 2. The number of aromatic carboxylic acids is 1. The molecule has 2 rings (SSSR count). The van der Waals surface area contributed by atoms with Crippen molar-refractivity contribution in [3.05, 3.63) is 64.7 Å². The molecule has 0 heterocycles. The zero-order valence-corrected chi connectivity index (χ0v) is 15.4. The molecular weight excluding hydrogens is 312 g/mol. The smallest absolute Gasteiger partial charge is 0.339 e. The van der Waals surface area contributed by atoms with Crippen molar-refractivity contribution in [2.24, 2.45) is 0 Å². The van der Waals surface area contributed by atoms with E-state index in [2.05, 4.69) is 20.8 Å². The Hall–Kier alpha value is -2.29. The predicted octanol–water partition coefficient (Wildman–Crippen LogP) is 5.54. The Morgan fingerprint density at radius 3 is 2.36 bits per heavy atom. The van der Waals surface area contributed by atoms with Gasteiger partial charge in [-0.25, -0.2) is 4.79 Å². The highest BCUT2D eigenvalue weighted by Gasteiger charge is 2.25. The fourth-order valence-corrected chi connectivity index (χ4v) is 3.16. The van der Waals surface area contributed by atoms with Gasteiger partial charge in [0, 0.05) is 6.42 Å². The zero-order chi connectivity index (χ0) is 18.4. The second-order valence-corrected chi connectivity index (χ2v) is 7.34. The molecule has 0 atom stereocenters. The van der Waals surface area contributed by atoms with Crippen LogP contribution in [-0.2, 0) is 11.8 Å². The van der Waals surface area contributed by atoms with Crippen molar-refractivity contribution in [3.8, 4) is 5.75 Å². The third-order valence-corrected chi connectivity index (χ3v) is 4.84. The molecule has 0 aromatic heterocycles. The fourth-order valence-electron chi connectivity index (χ4n) is 3.16. The zero-order valence-electron chi connectivity index (χ0n) is 15.4. The molecule has 0 saturated carbocycles. The van der Waals surface area contributed by atoms with E-state index in [9.17, 15) is 15.0 Å². The first-order valence-electron chi connectivity index (χ1n) is 8.98. The molecule has 0 aliphatic rings. The lowest BCUT2D eigenvalue weighted by Gasteiger charge is -2.27. The van der Waals surface area contributed by atoms with E-state index in [1.54, 1.807) is 6.07 Å². The SMILES string of the molecule is CCCCCC(C)(C)c1cc(Cc2ccccc2)c(O)c(C(=O)O)c1. The first kappa shape index (κ1) is 19.0. The van der Waals surface area contributed by atoms with Gasteiger partial charge in [0.15, 0.2) is 0 Å². The number of rotatable bonds is 8. The molecule has 0 unspecified atom stereocenters. The van der Waals surface area contributed by atoms with Gasteiger partial charge in [0.05, 0.1) is 0 Å². The van der Waals surface area contributed by atoms with Crippen molar-refractivity contribution in [3.63, 3.8) is 0 Å². The molecule has 0 fully saturated rings. The first-order valence-corrected chi connectivity index (χ1v) is 8.98. The Morgan fingerprint density at radius 1 is 1.08 bits per heavy atom. The monoisotopic (exact) mass is 340 g/mol. The second-order valence-electron chi connectivity index (χ2n) is 7.34. The maximum absolute atomic E-state index is 11.6. The summed E-state index contributed by atoms with van der Waals surface area (Å²) < 4.78 is 0. The summed E-state index contributed by atoms with van der Waals surface area (Å²) in [4.78, 5) is 11.6. The quantitative estimate of drug-likeness (QED) is 0.620. The number of hydrogen-bond acceptors (Lipinski definition) is 2. The Bertz CT molecular complexity index is 718. The Labute approximate surface area is 150 Å². The van der Waals surface area contributed by atoms with Crippen LogP contribution in [0.3, 0.4) is 0 Å². The topological polar surface area (TPSA) is 57.5 Å². The molecule has 2 aromatic rings. The van der Waals surface area contributed by atoms with Crippen molar-refractivity contribution in [1.82, 2.24) is 0 Å². The van der Waals surface area contributed by atoms with Crippen LogP contribution in [0.15, 0.2) is 42.5 Å². The van der Waals surface area contributed by atoms with E-state index in [0.717, 1.165) is 30.4 Å². The van der Waals surface area contributed by atoms with Crippen molar-refractivity contribution in [2.45, 2.75) is 58.3 Å². The Balaban J connectivity index is 2.42. The van der Waals surface area contributed by atoms with Crippen LogP contribution < -0.4 is 0 Å². The first-order chi connectivity index (χ1) is 11.8. The summed E-state index contributed by atoms with van der Waals surface area (Å²) in [5, 5.41) is 19.9. The lowest BCUT2D eigenvalue weighted by Crippen LogP contribution is -2.18. The average Bonchev–Trinajstić information content (AvgIpc) is 2.57. The fraction of sp³-hybridized carbons (Fsp3) is 0.409. The highest BCUT2D eigenvalue weighted by Crippen LogP contribution is 2.35. The molecule has 0 aliphatic heterocycles. The van der Waals surface area contributed by atoms with Gasteiger partial charge in [-0.3, -0.25) is 0 Å². The minimum atomic E-state index is -1.09. The molecular formula is C22H28O3. The van der Waals surface area contributed by atoms with E-state index in [1.165, 1.54) is 6.42 Å². The number of carbonyl (C=O) groups is 1. The number of carboxylic acids is 1. The van der Waals surface area contributed by atoms with Crippen LogP contribution in [0.5, 0.6) is 5.75 Å². The second kappa shape index (κ2) is 8.19. The molecule has 0 saturated heterocycles. The molecule has 0 bridgehead atoms. The third-order valence-electron chi connectivity index (χ3n) is 4.84. The van der Waals surface area contributed by atoms with Crippen molar-refractivity contribution >= 4 is 5.97 Å². The summed E-state index contributed by atoms with van der Waals surface area (Å²) in [6.45, 7) is 6.47. The summed E-state index contributed by atoms with van der Waals surface area (Å²) in [6.07, 6.45) is 4.96. The summed E-state index contributed by atoms with van der Waals surface area (Å²) in [5.74, 6) is -1.21. The van der Waals surface area contributed by atoms with Crippen molar-refractivity contribution in [2.75, 3.05) is 0 Å². The van der Waals surface area contributed by atoms with Gasteiger partial charge < -0.3 is 10.2 Å². The van der Waals surface area contributed by atoms with E-state index in [0.29, 0.717) is 12.0 Å². The van der Waals surface area contributed by atoms with Gasteiger partial charge in [0.25, 0.3) is 0 Å². The van der Waals surface area contributed by atoms with Crippen LogP contribution in [0.1, 0.15) is 73.5 Å². The third kappa shape index (κ3) is 4.85. The number of hydrogen-bond donors (Lipinski definition) is 2. The molecule has 134 valence electrons. The van der Waals surface area contributed by atoms with Crippen molar-refractivity contribution in [1.29, 1.82) is 0 Å². The van der Waals surface area contributed by atoms with Gasteiger partial charge in [0.2, 0.25) is 0 Å². The van der Waals surface area contributed by atoms with E-state index >= 15 is 0 Å². The number of phenols is 1. The maximum Gasteiger partial charge on any atom is 0.339 e. The molecule has 3 heteroatoms. The number of benzene rings is 2. The molecule has 3 nitrogen and oxygen atoms in total. The summed E-state index contributed by atoms with van der Waals surface area (Å²) in [6, 6.07) is 13.4. The van der Waals surface area contributed by atoms with Gasteiger partial charge in [-0.2, -0.15) is 0 Å². The summed E-state index contributed by atoms with van der Waals surface area (Å²) in [5.41, 5.74) is 2.56. The van der Waals surface area contributed by atoms with Crippen molar-refractivity contribution < 1.29 is 15.0 Å². The Morgan fingerprint density at radius 2 is 1.76 bits per heavy atom. The maximum atomic E-state index is 11.6. The predicted molar refractivity (Wildman–Crippen MR) is 101 cm³/mol. The Kier molecular flexibility index (Phi) is 6.24. The number of carboxylic acid groups (broad SMARTS) is 1. The largest absolute Gasteiger partial charge is 0.507 e. The van der Waals surface area contributed by atoms with Gasteiger partial charge >= 0.3 is 5.97 Å². The summed E-state index contributed by atoms with van der Waals surface area (Å²) in [7, 11) is 0. The van der Waals surface area contributed by atoms with Crippen LogP contribution in [-0.4, -0.2) is 16.2 Å². The van der Waals surface area contributed by atoms with Gasteiger partial charge in [-0.15, -0.1) is 0 Å². The highest BCUT2D eigenvalue weighted by atomic mass is 16.4.